The van der Waals surface area contributed by atoms with Gasteiger partial charge in [0.1, 0.15) is 6.04 Å². The van der Waals surface area contributed by atoms with Crippen LogP contribution in [0.3, 0.4) is 0 Å². The number of primary amides is 1. The van der Waals surface area contributed by atoms with Crippen molar-refractivity contribution in [2.75, 3.05) is 0 Å². The Bertz CT molecular complexity index is 821. The van der Waals surface area contributed by atoms with Crippen LogP contribution in [0.4, 0.5) is 0 Å². The minimum Gasteiger partial charge on any atom is -0.368 e. The summed E-state index contributed by atoms with van der Waals surface area (Å²) in [6, 6.07) is 16.3. The highest BCUT2D eigenvalue weighted by Gasteiger charge is 2.19. The number of amides is 3. The van der Waals surface area contributed by atoms with E-state index in [1.807, 2.05) is 68.4 Å². The Morgan fingerprint density at radius 2 is 1.57 bits per heavy atom. The van der Waals surface area contributed by atoms with Gasteiger partial charge in [0.05, 0.1) is 6.04 Å². The maximum Gasteiger partial charge on any atom is 0.240 e. The fraction of sp³-hybridized carbons (Fsp3) is 0.318. The molecule has 2 rings (SSSR count). The molecule has 6 heteroatoms. The van der Waals surface area contributed by atoms with Crippen molar-refractivity contribution in [3.63, 3.8) is 0 Å². The topological polar surface area (TPSA) is 101 Å². The SMILES string of the molecule is Cc1cccc(C[C@H](NC(=O)CCC(=O)N[C@H](C)c2ccccc2)C(N)=O)c1. The fourth-order valence-corrected chi connectivity index (χ4v) is 2.93. The van der Waals surface area contributed by atoms with Gasteiger partial charge in [0.15, 0.2) is 0 Å². The number of hydrogen-bond donors (Lipinski definition) is 3. The number of carbonyl (C=O) groups is 3. The van der Waals surface area contributed by atoms with Gasteiger partial charge in [-0.25, -0.2) is 0 Å². The van der Waals surface area contributed by atoms with Gasteiger partial charge in [0.25, 0.3) is 0 Å². The molecule has 0 spiro atoms. The Kier molecular flexibility index (Phi) is 7.75. The summed E-state index contributed by atoms with van der Waals surface area (Å²) in [5.41, 5.74) is 8.40. The zero-order valence-corrected chi connectivity index (χ0v) is 16.3. The lowest BCUT2D eigenvalue weighted by Gasteiger charge is -2.17. The van der Waals surface area contributed by atoms with Gasteiger partial charge in [-0.05, 0) is 25.0 Å². The predicted octanol–water partition coefficient (Wildman–Crippen LogP) is 2.17. The predicted molar refractivity (Wildman–Crippen MR) is 108 cm³/mol. The van der Waals surface area contributed by atoms with Crippen LogP contribution >= 0.6 is 0 Å². The summed E-state index contributed by atoms with van der Waals surface area (Å²) < 4.78 is 0. The molecule has 0 saturated heterocycles. The minimum absolute atomic E-state index is 0.00899. The van der Waals surface area contributed by atoms with Crippen molar-refractivity contribution in [3.8, 4) is 0 Å². The second-order valence-electron chi connectivity index (χ2n) is 6.92. The zero-order valence-electron chi connectivity index (χ0n) is 16.3. The minimum atomic E-state index is -0.805. The molecule has 6 nitrogen and oxygen atoms in total. The third kappa shape index (κ3) is 6.87. The third-order valence-corrected chi connectivity index (χ3v) is 4.46. The molecule has 148 valence electrons. The monoisotopic (exact) mass is 381 g/mol. The maximum absolute atomic E-state index is 12.2. The van der Waals surface area contributed by atoms with E-state index in [2.05, 4.69) is 10.6 Å². The molecule has 0 aliphatic heterocycles. The molecular formula is C22H27N3O3. The summed E-state index contributed by atoms with van der Waals surface area (Å²) in [6.07, 6.45) is 0.351. The van der Waals surface area contributed by atoms with E-state index in [4.69, 9.17) is 5.73 Å². The van der Waals surface area contributed by atoms with Crippen LogP contribution in [-0.4, -0.2) is 23.8 Å². The molecule has 3 amide bonds. The molecule has 28 heavy (non-hydrogen) atoms. The second kappa shape index (κ2) is 10.3. The highest BCUT2D eigenvalue weighted by Crippen LogP contribution is 2.11. The van der Waals surface area contributed by atoms with Crippen LogP contribution in [0.25, 0.3) is 0 Å². The summed E-state index contributed by atoms with van der Waals surface area (Å²) in [4.78, 5) is 36.0. The lowest BCUT2D eigenvalue weighted by atomic mass is 10.0. The molecule has 0 unspecified atom stereocenters. The molecule has 0 aliphatic rings. The number of aryl methyl sites for hydroxylation is 1. The van der Waals surface area contributed by atoms with Crippen molar-refractivity contribution in [1.29, 1.82) is 0 Å². The van der Waals surface area contributed by atoms with Gasteiger partial charge < -0.3 is 16.4 Å². The van der Waals surface area contributed by atoms with E-state index in [1.165, 1.54) is 0 Å². The molecular weight excluding hydrogens is 354 g/mol. The molecule has 2 atom stereocenters. The lowest BCUT2D eigenvalue weighted by molar-refractivity contribution is -0.129. The first-order valence-electron chi connectivity index (χ1n) is 9.33. The number of benzene rings is 2. The second-order valence-corrected chi connectivity index (χ2v) is 6.92. The first-order chi connectivity index (χ1) is 13.3. The van der Waals surface area contributed by atoms with Crippen LogP contribution < -0.4 is 16.4 Å². The molecule has 0 aliphatic carbocycles. The van der Waals surface area contributed by atoms with Crippen molar-refractivity contribution < 1.29 is 14.4 Å². The van der Waals surface area contributed by atoms with Crippen LogP contribution in [0.1, 0.15) is 42.5 Å². The summed E-state index contributed by atoms with van der Waals surface area (Å²) in [7, 11) is 0. The van der Waals surface area contributed by atoms with Crippen LogP contribution in [0.2, 0.25) is 0 Å². The molecule has 2 aromatic rings. The van der Waals surface area contributed by atoms with Gasteiger partial charge >= 0.3 is 0 Å². The molecule has 0 heterocycles. The molecule has 4 N–H and O–H groups in total. The summed E-state index contributed by atoms with van der Waals surface area (Å²) in [5, 5.41) is 5.49. The average Bonchev–Trinajstić information content (AvgIpc) is 2.66. The van der Waals surface area contributed by atoms with Gasteiger partial charge in [-0.15, -0.1) is 0 Å². The first kappa shape index (κ1) is 21.2. The summed E-state index contributed by atoms with van der Waals surface area (Å²) in [6.45, 7) is 3.84. The molecule has 0 radical (unpaired) electrons. The van der Waals surface area contributed by atoms with Crippen molar-refractivity contribution in [2.24, 2.45) is 5.73 Å². The van der Waals surface area contributed by atoms with Crippen molar-refractivity contribution in [3.05, 3.63) is 71.3 Å². The Labute approximate surface area is 165 Å². The van der Waals surface area contributed by atoms with E-state index >= 15 is 0 Å². The zero-order chi connectivity index (χ0) is 20.5. The molecule has 0 aromatic heterocycles. The number of nitrogens with two attached hydrogens (primary N) is 1. The van der Waals surface area contributed by atoms with Gasteiger partial charge in [0, 0.05) is 19.3 Å². The number of nitrogens with one attached hydrogen (secondary N) is 2. The standard InChI is InChI=1S/C22H27N3O3/c1-15-7-6-8-17(13-15)14-19(22(23)28)25-21(27)12-11-20(26)24-16(2)18-9-4-3-5-10-18/h3-10,13,16,19H,11-12,14H2,1-2H3,(H2,23,28)(H,24,26)(H,25,27)/t16-,19+/m1/s1. The van der Waals surface area contributed by atoms with Crippen LogP contribution in [0.15, 0.2) is 54.6 Å². The number of hydrogen-bond acceptors (Lipinski definition) is 3. The van der Waals surface area contributed by atoms with E-state index in [1.54, 1.807) is 0 Å². The van der Waals surface area contributed by atoms with E-state index in [9.17, 15) is 14.4 Å². The molecule has 0 saturated carbocycles. The summed E-state index contributed by atoms with van der Waals surface area (Å²) in [5.74, 6) is -1.20. The highest BCUT2D eigenvalue weighted by atomic mass is 16.2. The van der Waals surface area contributed by atoms with Crippen molar-refractivity contribution in [2.45, 2.75) is 45.2 Å². The van der Waals surface area contributed by atoms with Crippen LogP contribution in [-0.2, 0) is 20.8 Å². The van der Waals surface area contributed by atoms with Crippen molar-refractivity contribution in [1.82, 2.24) is 10.6 Å². The number of rotatable bonds is 9. The summed E-state index contributed by atoms with van der Waals surface area (Å²) >= 11 is 0. The Hall–Kier alpha value is -3.15. The molecule has 2 aromatic carbocycles. The van der Waals surface area contributed by atoms with Gasteiger partial charge in [-0.1, -0.05) is 60.2 Å². The van der Waals surface area contributed by atoms with Crippen LogP contribution in [0, 0.1) is 6.92 Å². The van der Waals surface area contributed by atoms with Gasteiger partial charge in [-0.3, -0.25) is 14.4 Å². The third-order valence-electron chi connectivity index (χ3n) is 4.46. The lowest BCUT2D eigenvalue weighted by Crippen LogP contribution is -2.46. The van der Waals surface area contributed by atoms with E-state index in [0.29, 0.717) is 6.42 Å². The average molecular weight is 381 g/mol. The van der Waals surface area contributed by atoms with E-state index in [-0.39, 0.29) is 30.7 Å². The van der Waals surface area contributed by atoms with Crippen molar-refractivity contribution >= 4 is 17.7 Å². The normalized spacial score (nSPS) is 12.6. The maximum atomic E-state index is 12.2. The quantitative estimate of drug-likeness (QED) is 0.620. The Balaban J connectivity index is 1.82. The fourth-order valence-electron chi connectivity index (χ4n) is 2.93. The Morgan fingerprint density at radius 1 is 0.929 bits per heavy atom. The smallest absolute Gasteiger partial charge is 0.240 e. The largest absolute Gasteiger partial charge is 0.368 e. The first-order valence-corrected chi connectivity index (χ1v) is 9.33. The van der Waals surface area contributed by atoms with E-state index < -0.39 is 11.9 Å². The highest BCUT2D eigenvalue weighted by molar-refractivity contribution is 5.88. The molecule has 0 fully saturated rings. The van der Waals surface area contributed by atoms with E-state index in [0.717, 1.165) is 16.7 Å². The van der Waals surface area contributed by atoms with Gasteiger partial charge in [0.2, 0.25) is 17.7 Å². The van der Waals surface area contributed by atoms with Gasteiger partial charge in [-0.2, -0.15) is 0 Å². The number of carbonyl (C=O) groups excluding carboxylic acids is 3. The Morgan fingerprint density at radius 3 is 2.18 bits per heavy atom. The molecule has 0 bridgehead atoms. The van der Waals surface area contributed by atoms with Crippen LogP contribution in [0.5, 0.6) is 0 Å².